The third kappa shape index (κ3) is 5.31. The van der Waals surface area contributed by atoms with Crippen LogP contribution in [0, 0.1) is 25.2 Å². The van der Waals surface area contributed by atoms with Gasteiger partial charge in [-0.15, -0.1) is 0 Å². The molecule has 0 saturated heterocycles. The summed E-state index contributed by atoms with van der Waals surface area (Å²) in [4.78, 5) is 23.7. The number of amides is 1. The Hall–Kier alpha value is -1.85. The molecular weight excluding hydrogens is 318 g/mol. The number of rotatable bonds is 10. The molecule has 1 amide bonds. The van der Waals surface area contributed by atoms with Crippen molar-refractivity contribution in [2.24, 2.45) is 11.3 Å². The predicted octanol–water partition coefficient (Wildman–Crippen LogP) is 3.10. The Kier molecular flexibility index (Phi) is 7.64. The Morgan fingerprint density at radius 1 is 1.24 bits per heavy atom. The fourth-order valence-corrected chi connectivity index (χ4v) is 3.09. The first-order chi connectivity index (χ1) is 11.7. The average Bonchev–Trinajstić information content (AvgIpc) is 2.79. The van der Waals surface area contributed by atoms with Crippen molar-refractivity contribution in [1.29, 1.82) is 0 Å². The minimum Gasteiger partial charge on any atom is -0.481 e. The summed E-state index contributed by atoms with van der Waals surface area (Å²) in [6, 6.07) is 0. The van der Waals surface area contributed by atoms with Crippen LogP contribution in [0.25, 0.3) is 0 Å². The van der Waals surface area contributed by atoms with E-state index in [1.807, 2.05) is 32.4 Å². The zero-order valence-corrected chi connectivity index (χ0v) is 16.5. The Balaban J connectivity index is 2.65. The van der Waals surface area contributed by atoms with E-state index in [1.54, 1.807) is 0 Å². The number of carboxylic acid groups (broad SMARTS) is 1. The van der Waals surface area contributed by atoms with Gasteiger partial charge < -0.3 is 10.4 Å². The summed E-state index contributed by atoms with van der Waals surface area (Å²) in [5, 5.41) is 16.8. The lowest BCUT2D eigenvalue weighted by Gasteiger charge is -2.26. The van der Waals surface area contributed by atoms with Crippen molar-refractivity contribution < 1.29 is 14.7 Å². The fourth-order valence-electron chi connectivity index (χ4n) is 3.09. The van der Waals surface area contributed by atoms with Gasteiger partial charge >= 0.3 is 5.97 Å². The first kappa shape index (κ1) is 21.2. The zero-order valence-electron chi connectivity index (χ0n) is 16.5. The van der Waals surface area contributed by atoms with Crippen molar-refractivity contribution in [3.63, 3.8) is 0 Å². The minimum atomic E-state index is -0.871. The molecule has 0 aromatic carbocycles. The Labute approximate surface area is 151 Å². The summed E-state index contributed by atoms with van der Waals surface area (Å²) in [7, 11) is 0. The molecular formula is C19H33N3O3. The normalized spacial score (nSPS) is 11.8. The molecule has 1 heterocycles. The van der Waals surface area contributed by atoms with E-state index < -0.39 is 11.4 Å². The molecule has 0 aliphatic rings. The molecule has 1 aromatic rings. The number of aliphatic carboxylic acids is 1. The van der Waals surface area contributed by atoms with Crippen LogP contribution in [-0.4, -0.2) is 33.3 Å². The van der Waals surface area contributed by atoms with Crippen LogP contribution < -0.4 is 5.32 Å². The number of aromatic nitrogens is 2. The van der Waals surface area contributed by atoms with Crippen LogP contribution >= 0.6 is 0 Å². The third-order valence-electron chi connectivity index (χ3n) is 5.10. The van der Waals surface area contributed by atoms with Crippen molar-refractivity contribution >= 4 is 11.9 Å². The van der Waals surface area contributed by atoms with E-state index in [1.165, 1.54) is 0 Å². The molecule has 0 fully saturated rings. The third-order valence-corrected chi connectivity index (χ3v) is 5.10. The Bertz CT molecular complexity index is 601. The van der Waals surface area contributed by atoms with E-state index in [0.29, 0.717) is 31.6 Å². The Morgan fingerprint density at radius 3 is 2.32 bits per heavy atom. The highest BCUT2D eigenvalue weighted by atomic mass is 16.4. The van der Waals surface area contributed by atoms with Gasteiger partial charge in [0.2, 0.25) is 5.91 Å². The maximum Gasteiger partial charge on any atom is 0.311 e. The molecule has 0 atom stereocenters. The van der Waals surface area contributed by atoms with Crippen LogP contribution in [0.4, 0.5) is 0 Å². The van der Waals surface area contributed by atoms with E-state index in [9.17, 15) is 14.7 Å². The molecule has 0 saturated carbocycles. The molecule has 0 aliphatic heterocycles. The second-order valence-corrected chi connectivity index (χ2v) is 7.29. The van der Waals surface area contributed by atoms with Crippen LogP contribution in [0.15, 0.2) is 0 Å². The topological polar surface area (TPSA) is 84.2 Å². The van der Waals surface area contributed by atoms with Gasteiger partial charge in [0.15, 0.2) is 0 Å². The van der Waals surface area contributed by atoms with E-state index in [4.69, 9.17) is 0 Å². The highest BCUT2D eigenvalue weighted by Gasteiger charge is 2.35. The smallest absolute Gasteiger partial charge is 0.311 e. The van der Waals surface area contributed by atoms with Gasteiger partial charge in [-0.1, -0.05) is 27.7 Å². The largest absolute Gasteiger partial charge is 0.481 e. The fraction of sp³-hybridized carbons (Fsp3) is 0.737. The molecule has 0 aliphatic carbocycles. The number of carbonyl (C=O) groups is 2. The number of carboxylic acids is 1. The standard InChI is InChI=1S/C19H33N3O3/c1-7-19(8-2,18(24)25)12-20-17(23)10-9-16-14(5)21-22(15(16)6)11-13(3)4/h13H,7-12H2,1-6H3,(H,20,23)(H,24,25). The average molecular weight is 351 g/mol. The molecule has 2 N–H and O–H groups in total. The monoisotopic (exact) mass is 351 g/mol. The van der Waals surface area contributed by atoms with Gasteiger partial charge in [-0.2, -0.15) is 5.10 Å². The summed E-state index contributed by atoms with van der Waals surface area (Å²) in [6.45, 7) is 13.1. The number of nitrogens with zero attached hydrogens (tertiary/aromatic N) is 2. The zero-order chi connectivity index (χ0) is 19.2. The van der Waals surface area contributed by atoms with Crippen molar-refractivity contribution in [2.75, 3.05) is 6.54 Å². The molecule has 25 heavy (non-hydrogen) atoms. The van der Waals surface area contributed by atoms with E-state index >= 15 is 0 Å². The van der Waals surface area contributed by atoms with Crippen molar-refractivity contribution in [3.05, 3.63) is 17.0 Å². The van der Waals surface area contributed by atoms with Gasteiger partial charge in [0, 0.05) is 25.2 Å². The van der Waals surface area contributed by atoms with Gasteiger partial charge in [0.1, 0.15) is 0 Å². The van der Waals surface area contributed by atoms with Gasteiger partial charge in [-0.3, -0.25) is 14.3 Å². The maximum atomic E-state index is 12.2. The number of carbonyl (C=O) groups excluding carboxylic acids is 1. The molecule has 1 aromatic heterocycles. The number of aryl methyl sites for hydroxylation is 1. The van der Waals surface area contributed by atoms with Crippen molar-refractivity contribution in [1.82, 2.24) is 15.1 Å². The maximum absolute atomic E-state index is 12.2. The molecule has 6 nitrogen and oxygen atoms in total. The van der Waals surface area contributed by atoms with Crippen LogP contribution in [0.3, 0.4) is 0 Å². The minimum absolute atomic E-state index is 0.108. The number of nitrogens with one attached hydrogen (secondary N) is 1. The quantitative estimate of drug-likeness (QED) is 0.678. The van der Waals surface area contributed by atoms with Gasteiger partial charge in [-0.05, 0) is 44.6 Å². The summed E-state index contributed by atoms with van der Waals surface area (Å²) < 4.78 is 2.01. The molecule has 1 rings (SSSR count). The number of hydrogen-bond donors (Lipinski definition) is 2. The summed E-state index contributed by atoms with van der Waals surface area (Å²) >= 11 is 0. The second-order valence-electron chi connectivity index (χ2n) is 7.29. The van der Waals surface area contributed by atoms with Crippen LogP contribution in [-0.2, 0) is 22.6 Å². The molecule has 0 radical (unpaired) electrons. The molecule has 142 valence electrons. The van der Waals surface area contributed by atoms with E-state index in [2.05, 4.69) is 24.3 Å². The van der Waals surface area contributed by atoms with Gasteiger partial charge in [-0.25, -0.2) is 0 Å². The lowest BCUT2D eigenvalue weighted by atomic mass is 9.82. The van der Waals surface area contributed by atoms with E-state index in [-0.39, 0.29) is 12.5 Å². The van der Waals surface area contributed by atoms with Crippen molar-refractivity contribution in [3.8, 4) is 0 Å². The van der Waals surface area contributed by atoms with Crippen LogP contribution in [0.5, 0.6) is 0 Å². The lowest BCUT2D eigenvalue weighted by Crippen LogP contribution is -2.42. The summed E-state index contributed by atoms with van der Waals surface area (Å²) in [6.07, 6.45) is 1.97. The molecule has 0 bridgehead atoms. The van der Waals surface area contributed by atoms with Crippen LogP contribution in [0.1, 0.15) is 63.9 Å². The van der Waals surface area contributed by atoms with Gasteiger partial charge in [0.05, 0.1) is 11.1 Å². The summed E-state index contributed by atoms with van der Waals surface area (Å²) in [5.41, 5.74) is 2.32. The lowest BCUT2D eigenvalue weighted by molar-refractivity contribution is -0.149. The Morgan fingerprint density at radius 2 is 1.84 bits per heavy atom. The van der Waals surface area contributed by atoms with Gasteiger partial charge in [0.25, 0.3) is 0 Å². The highest BCUT2D eigenvalue weighted by molar-refractivity contribution is 5.79. The van der Waals surface area contributed by atoms with Crippen LogP contribution in [0.2, 0.25) is 0 Å². The molecule has 6 heteroatoms. The molecule has 0 spiro atoms. The second kappa shape index (κ2) is 9.02. The molecule has 0 unspecified atom stereocenters. The SMILES string of the molecule is CCC(CC)(CNC(=O)CCc1c(C)nn(CC(C)C)c1C)C(=O)O. The van der Waals surface area contributed by atoms with E-state index in [0.717, 1.165) is 23.5 Å². The number of hydrogen-bond acceptors (Lipinski definition) is 3. The highest BCUT2D eigenvalue weighted by Crippen LogP contribution is 2.25. The predicted molar refractivity (Wildman–Crippen MR) is 98.5 cm³/mol. The first-order valence-corrected chi connectivity index (χ1v) is 9.19. The van der Waals surface area contributed by atoms with Crippen molar-refractivity contribution in [2.45, 2.75) is 73.8 Å². The first-order valence-electron chi connectivity index (χ1n) is 9.19. The summed E-state index contributed by atoms with van der Waals surface area (Å²) in [5.74, 6) is -0.441.